The molecule has 36 heavy (non-hydrogen) atoms. The van der Waals surface area contributed by atoms with Gasteiger partial charge in [0.2, 0.25) is 0 Å². The number of hydrogen-bond acceptors (Lipinski definition) is 1. The number of nitrogens with zero attached hydrogens (tertiary/aromatic N) is 1. The summed E-state index contributed by atoms with van der Waals surface area (Å²) < 4.78 is 0. The highest BCUT2D eigenvalue weighted by molar-refractivity contribution is 6.31. The van der Waals surface area contributed by atoms with Gasteiger partial charge in [-0.25, -0.2) is 0 Å². The highest BCUT2D eigenvalue weighted by Gasteiger charge is 2.39. The molecule has 2 aromatic carbocycles. The maximum atomic E-state index is 6.34. The van der Waals surface area contributed by atoms with Crippen molar-refractivity contribution in [3.05, 3.63) is 123 Å². The van der Waals surface area contributed by atoms with Crippen LogP contribution in [0.15, 0.2) is 95.8 Å². The maximum absolute atomic E-state index is 6.34. The topological polar surface area (TPSA) is 3.24 Å². The lowest BCUT2D eigenvalue weighted by Crippen LogP contribution is -2.25. The van der Waals surface area contributed by atoms with Gasteiger partial charge in [0.25, 0.3) is 0 Å². The highest BCUT2D eigenvalue weighted by atomic mass is 35.5. The van der Waals surface area contributed by atoms with E-state index in [0.29, 0.717) is 0 Å². The molecule has 0 saturated carbocycles. The molecule has 0 spiro atoms. The first kappa shape index (κ1) is 26.6. The first-order chi connectivity index (χ1) is 16.9. The second kappa shape index (κ2) is 10.1. The van der Waals surface area contributed by atoms with Crippen LogP contribution in [0.5, 0.6) is 0 Å². The minimum Gasteiger partial charge on any atom is -0.344 e. The molecule has 0 atom stereocenters. The Morgan fingerprint density at radius 2 is 1.75 bits per heavy atom. The van der Waals surface area contributed by atoms with Gasteiger partial charge in [-0.1, -0.05) is 87.8 Å². The summed E-state index contributed by atoms with van der Waals surface area (Å²) in [4.78, 5) is 2.41. The fraction of sp³-hybridized carbons (Fsp3) is 0.333. The zero-order valence-electron chi connectivity index (χ0n) is 22.4. The number of allylic oxidation sites excluding steroid dienone is 9. The van der Waals surface area contributed by atoms with Crippen LogP contribution in [-0.2, 0) is 10.8 Å². The molecular weight excluding hydrogens is 481 g/mol. The molecule has 1 aliphatic heterocycles. The molecule has 0 aromatic heterocycles. The molecule has 4 rings (SSSR count). The first-order valence-corrected chi connectivity index (χ1v) is 13.5. The van der Waals surface area contributed by atoms with Gasteiger partial charge in [0.05, 0.1) is 0 Å². The van der Waals surface area contributed by atoms with Crippen molar-refractivity contribution in [2.75, 3.05) is 11.4 Å². The number of rotatable bonds is 6. The second-order valence-corrected chi connectivity index (χ2v) is 11.9. The highest BCUT2D eigenvalue weighted by Crippen LogP contribution is 2.48. The van der Waals surface area contributed by atoms with Crippen molar-refractivity contribution in [3.63, 3.8) is 0 Å². The van der Waals surface area contributed by atoms with E-state index in [-0.39, 0.29) is 10.8 Å². The molecule has 0 N–H and O–H groups in total. The summed E-state index contributed by atoms with van der Waals surface area (Å²) in [6, 6.07) is 12.3. The predicted octanol–water partition coefficient (Wildman–Crippen LogP) is 10.0. The first-order valence-electron chi connectivity index (χ1n) is 12.8. The van der Waals surface area contributed by atoms with E-state index in [1.165, 1.54) is 39.2 Å². The molecule has 0 amide bonds. The van der Waals surface area contributed by atoms with E-state index in [1.54, 1.807) is 0 Å². The van der Waals surface area contributed by atoms with Gasteiger partial charge in [-0.3, -0.25) is 0 Å². The van der Waals surface area contributed by atoms with Crippen LogP contribution in [-0.4, -0.2) is 6.54 Å². The lowest BCUT2D eigenvalue weighted by atomic mass is 9.76. The molecule has 0 saturated heterocycles. The average Bonchev–Trinajstić information content (AvgIpc) is 3.37. The molecule has 3 heteroatoms. The number of hydrogen-bond donors (Lipinski definition) is 0. The third kappa shape index (κ3) is 5.01. The summed E-state index contributed by atoms with van der Waals surface area (Å²) >= 11 is 12.6. The quantitative estimate of drug-likeness (QED) is 0.344. The number of fused-ring (bicyclic) bond motifs is 1. The third-order valence-electron chi connectivity index (χ3n) is 7.87. The Bertz CT molecular complexity index is 1320. The van der Waals surface area contributed by atoms with E-state index in [0.717, 1.165) is 35.0 Å². The molecule has 2 aromatic rings. The maximum Gasteiger partial charge on any atom is 0.0451 e. The van der Waals surface area contributed by atoms with E-state index in [4.69, 9.17) is 23.2 Å². The van der Waals surface area contributed by atoms with Crippen LogP contribution in [0.4, 0.5) is 5.69 Å². The molecule has 1 nitrogen and oxygen atoms in total. The second-order valence-electron chi connectivity index (χ2n) is 11.0. The van der Waals surface area contributed by atoms with Crippen molar-refractivity contribution in [1.82, 2.24) is 0 Å². The zero-order chi connectivity index (χ0) is 26.3. The number of likely N-dealkylation sites (N-methyl/N-ethyl adjacent to an activating group) is 1. The zero-order valence-corrected chi connectivity index (χ0v) is 23.9. The fourth-order valence-electron chi connectivity index (χ4n) is 5.46. The lowest BCUT2D eigenvalue weighted by molar-refractivity contribution is 0.634. The molecule has 2 aliphatic rings. The molecule has 0 radical (unpaired) electrons. The summed E-state index contributed by atoms with van der Waals surface area (Å²) in [5, 5.41) is 1.56. The van der Waals surface area contributed by atoms with Crippen LogP contribution >= 0.6 is 23.2 Å². The van der Waals surface area contributed by atoms with Crippen LogP contribution in [0.25, 0.3) is 0 Å². The summed E-state index contributed by atoms with van der Waals surface area (Å²) in [5.74, 6) is 0. The molecule has 1 aliphatic carbocycles. The Labute approximate surface area is 227 Å². The predicted molar refractivity (Wildman–Crippen MR) is 158 cm³/mol. The van der Waals surface area contributed by atoms with Crippen molar-refractivity contribution in [1.29, 1.82) is 0 Å². The Morgan fingerprint density at radius 3 is 2.47 bits per heavy atom. The van der Waals surface area contributed by atoms with E-state index in [2.05, 4.69) is 108 Å². The smallest absolute Gasteiger partial charge is 0.0451 e. The lowest BCUT2D eigenvalue weighted by Gasteiger charge is -2.28. The van der Waals surface area contributed by atoms with Gasteiger partial charge in [0.15, 0.2) is 0 Å². The van der Waals surface area contributed by atoms with Gasteiger partial charge in [-0.15, -0.1) is 0 Å². The largest absolute Gasteiger partial charge is 0.344 e. The minimum absolute atomic E-state index is 0.0832. The normalized spacial score (nSPS) is 19.4. The number of anilines is 1. The third-order valence-corrected chi connectivity index (χ3v) is 8.34. The molecular formula is C33H37Cl2N. The monoisotopic (exact) mass is 517 g/mol. The van der Waals surface area contributed by atoms with Gasteiger partial charge in [-0.05, 0) is 96.5 Å². The van der Waals surface area contributed by atoms with Crippen LogP contribution < -0.4 is 4.90 Å². The number of benzene rings is 2. The Kier molecular flexibility index (Phi) is 7.47. The Balaban J connectivity index is 1.54. The van der Waals surface area contributed by atoms with Crippen molar-refractivity contribution in [2.45, 2.75) is 65.2 Å². The van der Waals surface area contributed by atoms with Gasteiger partial charge < -0.3 is 4.90 Å². The SMILES string of the molecule is C=C(/C=C/C1=CC(=C/C=C2/N(CC)c3ccc(Cl)cc3C2(C)C)/CC1)C(C)(C)c1cc(Cl)ccc1C. The summed E-state index contributed by atoms with van der Waals surface area (Å²) in [5.41, 5.74) is 9.84. The van der Waals surface area contributed by atoms with Crippen molar-refractivity contribution in [3.8, 4) is 0 Å². The van der Waals surface area contributed by atoms with E-state index >= 15 is 0 Å². The Morgan fingerprint density at radius 1 is 1.06 bits per heavy atom. The van der Waals surface area contributed by atoms with Gasteiger partial charge >= 0.3 is 0 Å². The van der Waals surface area contributed by atoms with Crippen LogP contribution in [0.3, 0.4) is 0 Å². The van der Waals surface area contributed by atoms with Crippen LogP contribution in [0.1, 0.15) is 64.2 Å². The number of halogens is 2. The summed E-state index contributed by atoms with van der Waals surface area (Å²) in [6.45, 7) is 18.7. The summed E-state index contributed by atoms with van der Waals surface area (Å²) in [7, 11) is 0. The van der Waals surface area contributed by atoms with E-state index < -0.39 is 0 Å². The molecule has 0 fully saturated rings. The van der Waals surface area contributed by atoms with Crippen LogP contribution in [0.2, 0.25) is 10.0 Å². The van der Waals surface area contributed by atoms with Gasteiger partial charge in [0, 0.05) is 38.8 Å². The average molecular weight is 519 g/mol. The van der Waals surface area contributed by atoms with Gasteiger partial charge in [-0.2, -0.15) is 0 Å². The number of aryl methyl sites for hydroxylation is 1. The van der Waals surface area contributed by atoms with Gasteiger partial charge in [0.1, 0.15) is 0 Å². The molecule has 0 unspecified atom stereocenters. The molecule has 0 bridgehead atoms. The van der Waals surface area contributed by atoms with Crippen molar-refractivity contribution < 1.29 is 0 Å². The van der Waals surface area contributed by atoms with E-state index in [9.17, 15) is 0 Å². The fourth-order valence-corrected chi connectivity index (χ4v) is 5.81. The van der Waals surface area contributed by atoms with Crippen LogP contribution in [0, 0.1) is 6.92 Å². The molecule has 1 heterocycles. The molecule has 188 valence electrons. The van der Waals surface area contributed by atoms with E-state index in [1.807, 2.05) is 12.1 Å². The van der Waals surface area contributed by atoms with Crippen molar-refractivity contribution >= 4 is 28.9 Å². The van der Waals surface area contributed by atoms with Crippen molar-refractivity contribution in [2.24, 2.45) is 0 Å². The minimum atomic E-state index is -0.191. The standard InChI is InChI=1S/C33H37Cl2N/c1-8-36-30-17-16-27(35)21-29(30)33(6,7)31(36)18-14-25-13-12-24(19-25)11-10-23(3)32(4,5)28-20-26(34)15-9-22(28)2/h9-11,14-21H,3,8,12-13H2,1-2,4-7H3/b11-10+,25-14+,31-18+. The summed E-state index contributed by atoms with van der Waals surface area (Å²) in [6.07, 6.45) is 13.4. The Hall–Kier alpha value is -2.48.